The minimum Gasteiger partial charge on any atom is -0.478 e. The number of anilines is 5. The van der Waals surface area contributed by atoms with E-state index in [1.54, 1.807) is 30.3 Å². The predicted molar refractivity (Wildman–Crippen MR) is 147 cm³/mol. The van der Waals surface area contributed by atoms with Crippen molar-refractivity contribution < 1.29 is 19.4 Å². The van der Waals surface area contributed by atoms with Crippen molar-refractivity contribution in [2.75, 3.05) is 16.0 Å². The molecule has 0 unspecified atom stereocenters. The highest BCUT2D eigenvalue weighted by atomic mass is 16.5. The lowest BCUT2D eigenvalue weighted by atomic mass is 10.2. The average Bonchev–Trinajstić information content (AvgIpc) is 2.91. The van der Waals surface area contributed by atoms with Gasteiger partial charge in [0.25, 0.3) is 0 Å². The molecule has 1 heterocycles. The van der Waals surface area contributed by atoms with Crippen molar-refractivity contribution in [1.82, 2.24) is 9.97 Å². The number of carbonyl (C=O) groups is 2. The molecule has 5 aromatic rings. The monoisotopic (exact) mass is 505 g/mol. The molecule has 0 spiro atoms. The molecule has 0 aliphatic rings. The van der Waals surface area contributed by atoms with E-state index in [0.717, 1.165) is 11.4 Å². The Bertz CT molecular complexity index is 1610. The Morgan fingerprint density at radius 2 is 1.37 bits per heavy atom. The summed E-state index contributed by atoms with van der Waals surface area (Å²) in [6.07, 6.45) is 0. The van der Waals surface area contributed by atoms with Gasteiger partial charge in [0.2, 0.25) is 11.9 Å². The second-order valence-corrected chi connectivity index (χ2v) is 8.38. The van der Waals surface area contributed by atoms with Crippen molar-refractivity contribution in [3.8, 4) is 11.5 Å². The van der Waals surface area contributed by atoms with Crippen molar-refractivity contribution in [2.45, 2.75) is 6.92 Å². The molecular weight excluding hydrogens is 482 g/mol. The summed E-state index contributed by atoms with van der Waals surface area (Å²) in [5.41, 5.74) is 2.83. The van der Waals surface area contributed by atoms with E-state index in [4.69, 9.17) is 4.74 Å². The van der Waals surface area contributed by atoms with Crippen molar-refractivity contribution in [3.63, 3.8) is 0 Å². The highest BCUT2D eigenvalue weighted by Crippen LogP contribution is 2.30. The van der Waals surface area contributed by atoms with E-state index in [2.05, 4.69) is 25.9 Å². The number of para-hydroxylation sites is 1. The second-order valence-electron chi connectivity index (χ2n) is 8.38. The van der Waals surface area contributed by atoms with E-state index >= 15 is 0 Å². The quantitative estimate of drug-likeness (QED) is 0.187. The molecule has 4 aromatic carbocycles. The summed E-state index contributed by atoms with van der Waals surface area (Å²) < 4.78 is 5.85. The van der Waals surface area contributed by atoms with E-state index in [1.165, 1.54) is 19.1 Å². The molecule has 188 valence electrons. The van der Waals surface area contributed by atoms with Gasteiger partial charge in [-0.05, 0) is 78.9 Å². The van der Waals surface area contributed by atoms with Gasteiger partial charge in [-0.3, -0.25) is 4.79 Å². The molecule has 5 rings (SSSR count). The summed E-state index contributed by atoms with van der Waals surface area (Å²) in [6.45, 7) is 1.44. The van der Waals surface area contributed by atoms with Crippen LogP contribution in [0.5, 0.6) is 11.5 Å². The lowest BCUT2D eigenvalue weighted by Crippen LogP contribution is -2.06. The zero-order valence-corrected chi connectivity index (χ0v) is 20.3. The molecule has 0 atom stereocenters. The van der Waals surface area contributed by atoms with Gasteiger partial charge in [-0.15, -0.1) is 0 Å². The number of fused-ring (bicyclic) bond motifs is 1. The van der Waals surface area contributed by atoms with Gasteiger partial charge in [-0.2, -0.15) is 4.98 Å². The summed E-state index contributed by atoms with van der Waals surface area (Å²) in [5, 5.41) is 19.1. The minimum absolute atomic E-state index is 0.179. The molecule has 9 heteroatoms. The van der Waals surface area contributed by atoms with Crippen LogP contribution in [0.1, 0.15) is 17.3 Å². The van der Waals surface area contributed by atoms with Crippen molar-refractivity contribution >= 4 is 51.6 Å². The number of ether oxygens (including phenoxy) is 1. The molecule has 0 aliphatic carbocycles. The Hall–Kier alpha value is -5.44. The molecule has 0 radical (unpaired) electrons. The van der Waals surface area contributed by atoms with E-state index in [1.807, 2.05) is 54.6 Å². The molecule has 4 N–H and O–H groups in total. The molecule has 0 bridgehead atoms. The van der Waals surface area contributed by atoms with Gasteiger partial charge < -0.3 is 25.8 Å². The Kier molecular flexibility index (Phi) is 6.81. The first-order chi connectivity index (χ1) is 18.4. The number of benzene rings is 4. The molecular formula is C29H23N5O4. The van der Waals surface area contributed by atoms with Gasteiger partial charge in [-0.25, -0.2) is 9.78 Å². The molecule has 1 amide bonds. The van der Waals surface area contributed by atoms with E-state index < -0.39 is 5.97 Å². The lowest BCUT2D eigenvalue weighted by Gasteiger charge is -2.14. The molecule has 38 heavy (non-hydrogen) atoms. The number of nitrogens with zero attached hydrogens (tertiary/aromatic N) is 2. The Morgan fingerprint density at radius 1 is 0.737 bits per heavy atom. The third-order valence-electron chi connectivity index (χ3n) is 5.50. The standard InChI is InChI=1S/C29H23N5O4/c1-18(35)30-22-13-16-26-25(17-22)27(31-20-9-7-19(8-10-20)28(36)37)34-29(33-26)32-21-11-14-24(15-12-21)38-23-5-3-2-4-6-23/h2-17H,1H3,(H,30,35)(H,36,37)(H2,31,32,33,34). The average molecular weight is 506 g/mol. The molecule has 0 aliphatic heterocycles. The maximum Gasteiger partial charge on any atom is 0.335 e. The summed E-state index contributed by atoms with van der Waals surface area (Å²) in [5.74, 6) is 1.08. The van der Waals surface area contributed by atoms with Gasteiger partial charge in [0.05, 0.1) is 11.1 Å². The number of hydrogen-bond donors (Lipinski definition) is 4. The molecule has 9 nitrogen and oxygen atoms in total. The van der Waals surface area contributed by atoms with Crippen molar-refractivity contribution in [3.05, 3.63) is 103 Å². The first-order valence-corrected chi connectivity index (χ1v) is 11.7. The lowest BCUT2D eigenvalue weighted by molar-refractivity contribution is -0.114. The Morgan fingerprint density at radius 3 is 2.05 bits per heavy atom. The van der Waals surface area contributed by atoms with Crippen LogP contribution in [0.25, 0.3) is 10.9 Å². The number of carboxylic acids is 1. The summed E-state index contributed by atoms with van der Waals surface area (Å²) in [6, 6.07) is 28.6. The van der Waals surface area contributed by atoms with Crippen LogP contribution in [-0.2, 0) is 4.79 Å². The summed E-state index contributed by atoms with van der Waals surface area (Å²) in [7, 11) is 0. The normalized spacial score (nSPS) is 10.6. The number of carboxylic acid groups (broad SMARTS) is 1. The summed E-state index contributed by atoms with van der Waals surface area (Å²) >= 11 is 0. The van der Waals surface area contributed by atoms with Crippen LogP contribution < -0.4 is 20.7 Å². The number of rotatable bonds is 8. The fourth-order valence-electron chi connectivity index (χ4n) is 3.75. The van der Waals surface area contributed by atoms with Gasteiger partial charge in [0.1, 0.15) is 17.3 Å². The highest BCUT2D eigenvalue weighted by molar-refractivity contribution is 5.97. The second kappa shape index (κ2) is 10.7. The zero-order chi connectivity index (χ0) is 26.5. The van der Waals surface area contributed by atoms with Gasteiger partial charge >= 0.3 is 5.97 Å². The fraction of sp³-hybridized carbons (Fsp3) is 0.0345. The zero-order valence-electron chi connectivity index (χ0n) is 20.3. The van der Waals surface area contributed by atoms with Crippen LogP contribution in [0, 0.1) is 0 Å². The predicted octanol–water partition coefficient (Wildman–Crippen LogP) is 6.57. The maximum absolute atomic E-state index is 11.6. The molecule has 0 saturated carbocycles. The number of amides is 1. The first-order valence-electron chi connectivity index (χ1n) is 11.7. The van der Waals surface area contributed by atoms with E-state index in [9.17, 15) is 14.7 Å². The fourth-order valence-corrected chi connectivity index (χ4v) is 3.75. The van der Waals surface area contributed by atoms with Crippen LogP contribution in [0.2, 0.25) is 0 Å². The third-order valence-corrected chi connectivity index (χ3v) is 5.50. The van der Waals surface area contributed by atoms with Crippen LogP contribution in [0.4, 0.5) is 28.8 Å². The van der Waals surface area contributed by atoms with Gasteiger partial charge in [0, 0.05) is 29.4 Å². The topological polar surface area (TPSA) is 125 Å². The smallest absolute Gasteiger partial charge is 0.335 e. The van der Waals surface area contributed by atoms with Crippen LogP contribution in [-0.4, -0.2) is 27.0 Å². The number of aromatic nitrogens is 2. The highest BCUT2D eigenvalue weighted by Gasteiger charge is 2.11. The summed E-state index contributed by atoms with van der Waals surface area (Å²) in [4.78, 5) is 32.1. The van der Waals surface area contributed by atoms with E-state index in [-0.39, 0.29) is 11.5 Å². The van der Waals surface area contributed by atoms with Crippen LogP contribution in [0.3, 0.4) is 0 Å². The van der Waals surface area contributed by atoms with Crippen molar-refractivity contribution in [2.24, 2.45) is 0 Å². The maximum atomic E-state index is 11.6. The minimum atomic E-state index is -1.00. The number of aromatic carboxylic acids is 1. The van der Waals surface area contributed by atoms with E-state index in [0.29, 0.717) is 39.8 Å². The van der Waals surface area contributed by atoms with Crippen molar-refractivity contribution in [1.29, 1.82) is 0 Å². The number of nitrogens with one attached hydrogen (secondary N) is 3. The SMILES string of the molecule is CC(=O)Nc1ccc2nc(Nc3ccc(Oc4ccccc4)cc3)nc(Nc3ccc(C(=O)O)cc3)c2c1. The number of carbonyl (C=O) groups excluding carboxylic acids is 1. The largest absolute Gasteiger partial charge is 0.478 e. The molecule has 0 fully saturated rings. The first kappa shape index (κ1) is 24.3. The van der Waals surface area contributed by atoms with Gasteiger partial charge in [-0.1, -0.05) is 18.2 Å². The number of hydrogen-bond acceptors (Lipinski definition) is 7. The molecule has 1 aromatic heterocycles. The Labute approximate surface area is 218 Å². The van der Waals surface area contributed by atoms with Gasteiger partial charge in [0.15, 0.2) is 0 Å². The van der Waals surface area contributed by atoms with Crippen LogP contribution in [0.15, 0.2) is 97.1 Å². The van der Waals surface area contributed by atoms with Crippen LogP contribution >= 0.6 is 0 Å². The Balaban J connectivity index is 1.44. The molecule has 0 saturated heterocycles. The third kappa shape index (κ3) is 5.85.